The Bertz CT molecular complexity index is 1420. The highest BCUT2D eigenvalue weighted by atomic mass is 32.2. The van der Waals surface area contributed by atoms with Gasteiger partial charge in [0.1, 0.15) is 0 Å². The number of carbonyl (C=O) groups is 1. The summed E-state index contributed by atoms with van der Waals surface area (Å²) in [6.07, 6.45) is 0. The number of nitrogens with zero attached hydrogens (tertiary/aromatic N) is 1. The molecule has 32 heavy (non-hydrogen) atoms. The number of sulfonamides is 1. The zero-order valence-electron chi connectivity index (χ0n) is 16.3. The van der Waals surface area contributed by atoms with Crippen molar-refractivity contribution in [3.8, 4) is 5.88 Å². The van der Waals surface area contributed by atoms with Crippen LogP contribution in [-0.2, 0) is 26.9 Å². The minimum atomic E-state index is -4.08. The summed E-state index contributed by atoms with van der Waals surface area (Å²) in [5.41, 5.74) is 1.21. The molecule has 0 fully saturated rings. The molecule has 0 aliphatic heterocycles. The van der Waals surface area contributed by atoms with Crippen molar-refractivity contribution in [1.82, 2.24) is 10.2 Å². The summed E-state index contributed by atoms with van der Waals surface area (Å²) in [7, 11) is -4.08. The fraction of sp³-hybridized carbons (Fsp3) is 0.0476. The number of rotatable bonds is 7. The van der Waals surface area contributed by atoms with Crippen LogP contribution in [0.4, 0.5) is 5.69 Å². The van der Waals surface area contributed by atoms with E-state index in [0.717, 1.165) is 0 Å². The molecule has 0 aliphatic carbocycles. The molecular weight excluding hydrogens is 454 g/mol. The fourth-order valence-corrected chi connectivity index (χ4v) is 4.96. The van der Waals surface area contributed by atoms with E-state index in [-0.39, 0.29) is 22.0 Å². The molecule has 0 bridgehead atoms. The molecule has 0 spiro atoms. The summed E-state index contributed by atoms with van der Waals surface area (Å²) < 4.78 is 55.8. The lowest BCUT2D eigenvalue weighted by Gasteiger charge is -2.13. The van der Waals surface area contributed by atoms with Crippen molar-refractivity contribution in [2.75, 3.05) is 4.72 Å². The van der Waals surface area contributed by atoms with Crippen LogP contribution in [-0.4, -0.2) is 33.3 Å². The van der Waals surface area contributed by atoms with E-state index in [1.54, 1.807) is 42.5 Å². The van der Waals surface area contributed by atoms with Crippen LogP contribution in [0, 0.1) is 0 Å². The van der Waals surface area contributed by atoms with Gasteiger partial charge in [0.15, 0.2) is 0 Å². The Morgan fingerprint density at radius 1 is 1.06 bits per heavy atom. The van der Waals surface area contributed by atoms with E-state index in [0.29, 0.717) is 16.5 Å². The van der Waals surface area contributed by atoms with Gasteiger partial charge >= 0.3 is 5.97 Å². The maximum Gasteiger partial charge on any atom is 0.344 e. The average molecular weight is 471 g/mol. The normalized spacial score (nSPS) is 12.4. The van der Waals surface area contributed by atoms with Crippen molar-refractivity contribution >= 4 is 43.7 Å². The van der Waals surface area contributed by atoms with Gasteiger partial charge in [0.25, 0.3) is 10.0 Å². The third kappa shape index (κ3) is 4.69. The quantitative estimate of drug-likeness (QED) is 0.312. The van der Waals surface area contributed by atoms with Gasteiger partial charge in [0.05, 0.1) is 21.4 Å². The van der Waals surface area contributed by atoms with E-state index in [1.165, 1.54) is 30.3 Å². The number of hydrogen-bond donors (Lipinski definition) is 2. The standard InChI is InChI=1S/C21H17N3O6S2/c25-21(14-6-2-1-3-7-14)30-20-17-12-16(10-11-18(17)22-23-20)24-32(28,29)19-9-5-4-8-15(19)13-31(26)27/h1-12,24H,13H2,(H,22,23)(H,26,27)/p-1. The number of H-pyrrole nitrogens is 1. The molecule has 4 rings (SSSR count). The smallest absolute Gasteiger partial charge is 0.344 e. The number of ether oxygens (including phenoxy) is 1. The molecule has 1 atom stereocenters. The van der Waals surface area contributed by atoms with E-state index in [9.17, 15) is 22.0 Å². The highest BCUT2D eigenvalue weighted by Gasteiger charge is 2.20. The molecule has 164 valence electrons. The third-order valence-electron chi connectivity index (χ3n) is 4.51. The number of fused-ring (bicyclic) bond motifs is 1. The van der Waals surface area contributed by atoms with Gasteiger partial charge < -0.3 is 9.29 Å². The zero-order valence-corrected chi connectivity index (χ0v) is 18.0. The second-order valence-corrected chi connectivity index (χ2v) is 9.25. The van der Waals surface area contributed by atoms with Crippen molar-refractivity contribution in [3.05, 3.63) is 83.9 Å². The van der Waals surface area contributed by atoms with Crippen molar-refractivity contribution < 1.29 is 26.7 Å². The number of anilines is 1. The Morgan fingerprint density at radius 2 is 1.78 bits per heavy atom. The van der Waals surface area contributed by atoms with Crippen LogP contribution in [0.1, 0.15) is 15.9 Å². The Morgan fingerprint density at radius 3 is 2.53 bits per heavy atom. The molecule has 0 radical (unpaired) electrons. The molecule has 0 saturated heterocycles. The number of esters is 1. The van der Waals surface area contributed by atoms with Crippen LogP contribution >= 0.6 is 0 Å². The molecule has 3 aromatic carbocycles. The molecule has 4 aromatic rings. The first-order chi connectivity index (χ1) is 15.3. The molecule has 1 unspecified atom stereocenters. The van der Waals surface area contributed by atoms with Crippen LogP contribution in [0.5, 0.6) is 5.88 Å². The SMILES string of the molecule is O=C(Oc1n[nH]c2ccc(NS(=O)(=O)c3ccccc3CS(=O)[O-])cc12)c1ccccc1. The molecule has 11 heteroatoms. The molecule has 1 heterocycles. The summed E-state index contributed by atoms with van der Waals surface area (Å²) in [6, 6.07) is 18.8. The van der Waals surface area contributed by atoms with E-state index in [2.05, 4.69) is 14.9 Å². The highest BCUT2D eigenvalue weighted by molar-refractivity contribution is 7.92. The zero-order chi connectivity index (χ0) is 22.7. The third-order valence-corrected chi connectivity index (χ3v) is 6.54. The summed E-state index contributed by atoms with van der Waals surface area (Å²) in [4.78, 5) is 12.2. The lowest BCUT2D eigenvalue weighted by Crippen LogP contribution is -2.15. The van der Waals surface area contributed by atoms with Crippen molar-refractivity contribution in [3.63, 3.8) is 0 Å². The number of nitrogens with one attached hydrogen (secondary N) is 2. The molecule has 0 amide bonds. The molecule has 1 aromatic heterocycles. The fourth-order valence-electron chi connectivity index (χ4n) is 3.07. The molecule has 0 aliphatic rings. The van der Waals surface area contributed by atoms with Gasteiger partial charge in [-0.15, -0.1) is 5.10 Å². The highest BCUT2D eigenvalue weighted by Crippen LogP contribution is 2.28. The van der Waals surface area contributed by atoms with Crippen molar-refractivity contribution in [2.24, 2.45) is 0 Å². The van der Waals surface area contributed by atoms with E-state index in [1.807, 2.05) is 0 Å². The van der Waals surface area contributed by atoms with Gasteiger partial charge in [-0.3, -0.25) is 14.0 Å². The number of carbonyl (C=O) groups excluding carboxylic acids is 1. The predicted molar refractivity (Wildman–Crippen MR) is 117 cm³/mol. The number of aromatic nitrogens is 2. The number of benzene rings is 3. The first kappa shape index (κ1) is 21.7. The summed E-state index contributed by atoms with van der Waals surface area (Å²) in [5, 5.41) is 7.11. The van der Waals surface area contributed by atoms with Gasteiger partial charge in [0.2, 0.25) is 5.88 Å². The Hall–Kier alpha value is -3.54. The van der Waals surface area contributed by atoms with Crippen LogP contribution in [0.15, 0.2) is 77.7 Å². The largest absolute Gasteiger partial charge is 0.772 e. The Balaban J connectivity index is 1.63. The maximum atomic E-state index is 12.9. The Labute approximate surface area is 185 Å². The van der Waals surface area contributed by atoms with Crippen LogP contribution in [0.3, 0.4) is 0 Å². The number of hydrogen-bond acceptors (Lipinski definition) is 7. The van der Waals surface area contributed by atoms with Gasteiger partial charge in [-0.1, -0.05) is 47.5 Å². The van der Waals surface area contributed by atoms with Gasteiger partial charge in [-0.2, -0.15) is 0 Å². The molecule has 9 nitrogen and oxygen atoms in total. The lowest BCUT2D eigenvalue weighted by atomic mass is 10.2. The molecule has 0 saturated carbocycles. The van der Waals surface area contributed by atoms with Crippen LogP contribution in [0.2, 0.25) is 0 Å². The minimum Gasteiger partial charge on any atom is -0.772 e. The van der Waals surface area contributed by atoms with Crippen molar-refractivity contribution in [1.29, 1.82) is 0 Å². The predicted octanol–water partition coefficient (Wildman–Crippen LogP) is 2.96. The minimum absolute atomic E-state index is 0.00273. The number of aromatic amines is 1. The second-order valence-electron chi connectivity index (χ2n) is 6.71. The first-order valence-electron chi connectivity index (χ1n) is 9.25. The second kappa shape index (κ2) is 8.91. The van der Waals surface area contributed by atoms with Gasteiger partial charge in [-0.25, -0.2) is 13.2 Å². The van der Waals surface area contributed by atoms with Crippen LogP contribution < -0.4 is 9.46 Å². The monoisotopic (exact) mass is 470 g/mol. The van der Waals surface area contributed by atoms with E-state index in [4.69, 9.17) is 4.74 Å². The van der Waals surface area contributed by atoms with E-state index >= 15 is 0 Å². The van der Waals surface area contributed by atoms with E-state index < -0.39 is 32.8 Å². The first-order valence-corrected chi connectivity index (χ1v) is 12.0. The Kier molecular flexibility index (Phi) is 6.04. The summed E-state index contributed by atoms with van der Waals surface area (Å²) >= 11 is -2.45. The summed E-state index contributed by atoms with van der Waals surface area (Å²) in [6.45, 7) is 0. The van der Waals surface area contributed by atoms with Crippen molar-refractivity contribution in [2.45, 2.75) is 10.6 Å². The average Bonchev–Trinajstić information content (AvgIpc) is 3.16. The van der Waals surface area contributed by atoms with Gasteiger partial charge in [0, 0.05) is 11.4 Å². The van der Waals surface area contributed by atoms with Gasteiger partial charge in [-0.05, 0) is 42.0 Å². The summed E-state index contributed by atoms with van der Waals surface area (Å²) in [5.74, 6) is -1.04. The molecule has 2 N–H and O–H groups in total. The topological polar surface area (TPSA) is 141 Å². The maximum absolute atomic E-state index is 12.9. The van der Waals surface area contributed by atoms with Crippen LogP contribution in [0.25, 0.3) is 10.9 Å². The molecular formula is C21H16N3O6S2-. The lowest BCUT2D eigenvalue weighted by molar-refractivity contribution is 0.0729.